The van der Waals surface area contributed by atoms with Gasteiger partial charge in [0.1, 0.15) is 23.4 Å². The summed E-state index contributed by atoms with van der Waals surface area (Å²) in [5, 5.41) is 27.7. The van der Waals surface area contributed by atoms with Crippen LogP contribution in [0.5, 0.6) is 0 Å². The summed E-state index contributed by atoms with van der Waals surface area (Å²) in [7, 11) is -4.11. The SMILES string of the molecule is CC1(C)[C@H](C(=O)O)N2C(=O)[C@@H]([C@H](O)C(=O)N3CCC(O)CC3)[C@H]2S1(=O)=O. The zero-order valence-electron chi connectivity index (χ0n) is 14.4. The van der Waals surface area contributed by atoms with Crippen LogP contribution in [0.2, 0.25) is 0 Å². The number of carbonyl (C=O) groups is 3. The molecule has 0 aromatic heterocycles. The van der Waals surface area contributed by atoms with Crippen LogP contribution in [0.4, 0.5) is 0 Å². The van der Waals surface area contributed by atoms with Gasteiger partial charge in [-0.3, -0.25) is 9.59 Å². The van der Waals surface area contributed by atoms with Gasteiger partial charge in [0.15, 0.2) is 9.84 Å². The van der Waals surface area contributed by atoms with Crippen LogP contribution in [0.1, 0.15) is 26.7 Å². The highest BCUT2D eigenvalue weighted by Gasteiger charge is 2.73. The van der Waals surface area contributed by atoms with Crippen molar-refractivity contribution in [2.24, 2.45) is 5.92 Å². The van der Waals surface area contributed by atoms with Gasteiger partial charge in [0.25, 0.3) is 5.91 Å². The van der Waals surface area contributed by atoms with Crippen LogP contribution >= 0.6 is 0 Å². The first kappa shape index (κ1) is 19.1. The highest BCUT2D eigenvalue weighted by molar-refractivity contribution is 7.93. The maximum atomic E-state index is 12.8. The van der Waals surface area contributed by atoms with E-state index in [1.54, 1.807) is 0 Å². The van der Waals surface area contributed by atoms with Gasteiger partial charge in [0.2, 0.25) is 5.91 Å². The second-order valence-corrected chi connectivity index (χ2v) is 10.2. The van der Waals surface area contributed by atoms with Crippen LogP contribution in [-0.2, 0) is 24.2 Å². The molecule has 3 rings (SSSR count). The van der Waals surface area contributed by atoms with E-state index in [2.05, 4.69) is 0 Å². The van der Waals surface area contributed by atoms with Gasteiger partial charge in [-0.15, -0.1) is 0 Å². The highest BCUT2D eigenvalue weighted by Crippen LogP contribution is 2.49. The molecule has 0 spiro atoms. The number of hydrogen-bond donors (Lipinski definition) is 3. The van der Waals surface area contributed by atoms with E-state index < -0.39 is 61.9 Å². The Hall–Kier alpha value is -1.72. The number of piperidine rings is 1. The summed E-state index contributed by atoms with van der Waals surface area (Å²) < 4.78 is 23.8. The lowest BCUT2D eigenvalue weighted by atomic mass is 9.87. The third-order valence-electron chi connectivity index (χ3n) is 5.71. The van der Waals surface area contributed by atoms with Crippen molar-refractivity contribution < 1.29 is 38.1 Å². The molecule has 3 aliphatic heterocycles. The quantitative estimate of drug-likeness (QED) is 0.458. The van der Waals surface area contributed by atoms with Crippen molar-refractivity contribution in [3.05, 3.63) is 0 Å². The van der Waals surface area contributed by atoms with E-state index >= 15 is 0 Å². The predicted octanol–water partition coefficient (Wildman–Crippen LogP) is -2.22. The molecule has 0 unspecified atom stereocenters. The molecule has 11 heteroatoms. The van der Waals surface area contributed by atoms with Crippen molar-refractivity contribution in [1.82, 2.24) is 9.80 Å². The molecule has 3 saturated heterocycles. The number of sulfone groups is 1. The molecule has 0 bridgehead atoms. The zero-order chi connectivity index (χ0) is 19.6. The Kier molecular flexibility index (Phi) is 4.32. The summed E-state index contributed by atoms with van der Waals surface area (Å²) in [6.45, 7) is 2.85. The first-order valence-electron chi connectivity index (χ1n) is 8.36. The summed E-state index contributed by atoms with van der Waals surface area (Å²) in [6, 6.07) is -1.56. The second kappa shape index (κ2) is 5.89. The van der Waals surface area contributed by atoms with E-state index in [0.29, 0.717) is 12.8 Å². The van der Waals surface area contributed by atoms with Crippen LogP contribution < -0.4 is 0 Å². The highest BCUT2D eigenvalue weighted by atomic mass is 32.2. The van der Waals surface area contributed by atoms with Gasteiger partial charge in [-0.1, -0.05) is 0 Å². The van der Waals surface area contributed by atoms with Gasteiger partial charge in [0.05, 0.1) is 10.9 Å². The minimum atomic E-state index is -4.11. The molecule has 0 aromatic carbocycles. The summed E-state index contributed by atoms with van der Waals surface area (Å²) in [6.07, 6.45) is -1.74. The summed E-state index contributed by atoms with van der Waals surface area (Å²) >= 11 is 0. The third-order valence-corrected chi connectivity index (χ3v) is 8.56. The largest absolute Gasteiger partial charge is 0.480 e. The molecule has 3 N–H and O–H groups in total. The molecule has 2 amide bonds. The lowest BCUT2D eigenvalue weighted by Crippen LogP contribution is -2.68. The molecule has 3 fully saturated rings. The molecule has 0 radical (unpaired) electrons. The molecule has 146 valence electrons. The molecular weight excluding hydrogens is 368 g/mol. The summed E-state index contributed by atoms with van der Waals surface area (Å²) in [4.78, 5) is 38.5. The first-order chi connectivity index (χ1) is 11.9. The number of hydrogen-bond acceptors (Lipinski definition) is 7. The number of β-lactam (4-membered cyclic amide) rings is 1. The number of aliphatic hydroxyl groups is 2. The number of likely N-dealkylation sites (tertiary alicyclic amines) is 1. The molecule has 3 aliphatic rings. The molecule has 26 heavy (non-hydrogen) atoms. The number of carboxylic acid groups (broad SMARTS) is 1. The van der Waals surface area contributed by atoms with Gasteiger partial charge in [0, 0.05) is 13.1 Å². The van der Waals surface area contributed by atoms with Crippen molar-refractivity contribution in [2.75, 3.05) is 13.1 Å². The van der Waals surface area contributed by atoms with Crippen LogP contribution in [0.15, 0.2) is 0 Å². The Balaban J connectivity index is 1.86. The number of rotatable bonds is 3. The fourth-order valence-electron chi connectivity index (χ4n) is 4.06. The predicted molar refractivity (Wildman–Crippen MR) is 86.4 cm³/mol. The number of aliphatic carboxylic acids is 1. The zero-order valence-corrected chi connectivity index (χ0v) is 15.2. The Morgan fingerprint density at radius 3 is 2.27 bits per heavy atom. The minimum absolute atomic E-state index is 0.197. The van der Waals surface area contributed by atoms with Crippen LogP contribution in [0.3, 0.4) is 0 Å². The molecule has 0 saturated carbocycles. The fourth-order valence-corrected chi connectivity index (χ4v) is 6.39. The van der Waals surface area contributed by atoms with Crippen molar-refractivity contribution in [3.63, 3.8) is 0 Å². The maximum absolute atomic E-state index is 12.8. The van der Waals surface area contributed by atoms with E-state index in [0.717, 1.165) is 4.90 Å². The second-order valence-electron chi connectivity index (χ2n) is 7.55. The molecular formula is C15H22N2O8S. The van der Waals surface area contributed by atoms with Gasteiger partial charge in [-0.05, 0) is 26.7 Å². The van der Waals surface area contributed by atoms with Crippen LogP contribution in [-0.4, -0.2) is 92.8 Å². The number of aliphatic hydroxyl groups excluding tert-OH is 2. The van der Waals surface area contributed by atoms with Crippen molar-refractivity contribution >= 4 is 27.6 Å². The molecule has 10 nitrogen and oxygen atoms in total. The van der Waals surface area contributed by atoms with E-state index in [1.807, 2.05) is 0 Å². The first-order valence-corrected chi connectivity index (χ1v) is 9.91. The lowest BCUT2D eigenvalue weighted by Gasteiger charge is -2.45. The molecule has 0 aliphatic carbocycles. The topological polar surface area (TPSA) is 153 Å². The van der Waals surface area contributed by atoms with E-state index in [4.69, 9.17) is 0 Å². The third kappa shape index (κ3) is 2.37. The van der Waals surface area contributed by atoms with E-state index in [-0.39, 0.29) is 13.1 Å². The Bertz CT molecular complexity index is 756. The van der Waals surface area contributed by atoms with E-state index in [1.165, 1.54) is 18.7 Å². The number of amides is 2. The van der Waals surface area contributed by atoms with Crippen LogP contribution in [0.25, 0.3) is 0 Å². The number of carboxylic acids is 1. The average molecular weight is 390 g/mol. The Morgan fingerprint density at radius 2 is 1.77 bits per heavy atom. The fraction of sp³-hybridized carbons (Fsp3) is 0.800. The van der Waals surface area contributed by atoms with Crippen molar-refractivity contribution in [2.45, 2.75) is 55.1 Å². The smallest absolute Gasteiger partial charge is 0.328 e. The minimum Gasteiger partial charge on any atom is -0.480 e. The molecule has 0 aromatic rings. The number of carbonyl (C=O) groups excluding carboxylic acids is 2. The lowest BCUT2D eigenvalue weighted by molar-refractivity contribution is -0.173. The van der Waals surface area contributed by atoms with Gasteiger partial charge in [-0.2, -0.15) is 0 Å². The Labute approximate surface area is 150 Å². The van der Waals surface area contributed by atoms with Crippen molar-refractivity contribution in [1.29, 1.82) is 0 Å². The average Bonchev–Trinajstić information content (AvgIpc) is 2.69. The maximum Gasteiger partial charge on any atom is 0.328 e. The van der Waals surface area contributed by atoms with Crippen molar-refractivity contribution in [3.8, 4) is 0 Å². The van der Waals surface area contributed by atoms with Gasteiger partial charge >= 0.3 is 5.97 Å². The number of nitrogens with zero attached hydrogens (tertiary/aromatic N) is 2. The molecule has 4 atom stereocenters. The van der Waals surface area contributed by atoms with Gasteiger partial charge < -0.3 is 25.1 Å². The van der Waals surface area contributed by atoms with Gasteiger partial charge in [-0.25, -0.2) is 13.2 Å². The van der Waals surface area contributed by atoms with Crippen LogP contribution in [0, 0.1) is 5.92 Å². The number of fused-ring (bicyclic) bond motifs is 1. The monoisotopic (exact) mass is 390 g/mol. The Morgan fingerprint density at radius 1 is 1.23 bits per heavy atom. The summed E-state index contributed by atoms with van der Waals surface area (Å²) in [5.41, 5.74) is 0. The van der Waals surface area contributed by atoms with E-state index in [9.17, 15) is 38.1 Å². The standard InChI is InChI=1S/C15H22N2O8S/c1-15(2)10(14(22)23)17-11(20)8(13(17)26(15,24)25)9(19)12(21)16-5-3-7(18)4-6-16/h7-10,13,18-19H,3-6H2,1-2H3,(H,22,23)/t8-,9+,10+,13-/m1/s1. The summed E-state index contributed by atoms with van der Waals surface area (Å²) in [5.74, 6) is -4.59. The normalized spacial score (nSPS) is 34.2. The molecule has 3 heterocycles.